The second-order valence-electron chi connectivity index (χ2n) is 23.8. The van der Waals surface area contributed by atoms with Crippen molar-refractivity contribution in [3.63, 3.8) is 0 Å². The van der Waals surface area contributed by atoms with E-state index in [2.05, 4.69) is 149 Å². The van der Waals surface area contributed by atoms with Gasteiger partial charge in [0.2, 0.25) is 0 Å². The van der Waals surface area contributed by atoms with Crippen LogP contribution in [0.25, 0.3) is 107 Å². The Kier molecular flexibility index (Phi) is 12.8. The number of benzene rings is 8. The van der Waals surface area contributed by atoms with Crippen LogP contribution in [0.1, 0.15) is 71.6 Å². The molecule has 0 unspecified atom stereocenters. The molecule has 0 saturated heterocycles. The van der Waals surface area contributed by atoms with E-state index in [0.717, 1.165) is 128 Å². The van der Waals surface area contributed by atoms with Crippen LogP contribution in [0.5, 0.6) is 0 Å². The maximum Gasteiger partial charge on any atom is 0.345 e. The number of hydrogen-bond acceptors (Lipinski definition) is 10. The van der Waals surface area contributed by atoms with Crippen LogP contribution < -0.4 is 26.7 Å². The van der Waals surface area contributed by atoms with E-state index in [1.807, 2.05) is 97.1 Å². The average Bonchev–Trinajstić information content (AvgIpc) is 3.22. The first-order chi connectivity index (χ1) is 40.6. The number of nitrogens with zero attached hydrogens (tertiary/aromatic N) is 2. The highest BCUT2D eigenvalue weighted by atomic mass is 32.1. The molecule has 414 valence electrons. The Morgan fingerprint density at radius 1 is 0.488 bits per heavy atom. The summed E-state index contributed by atoms with van der Waals surface area (Å²) in [5.41, 5.74) is 12.0. The van der Waals surface area contributed by atoms with Crippen molar-refractivity contribution in [2.24, 2.45) is 0 Å². The third-order valence-corrected chi connectivity index (χ3v) is 19.5. The van der Waals surface area contributed by atoms with Crippen molar-refractivity contribution in [1.82, 2.24) is 0 Å². The van der Waals surface area contributed by atoms with E-state index >= 15 is 0 Å². The van der Waals surface area contributed by atoms with Gasteiger partial charge in [0.15, 0.2) is 0 Å². The van der Waals surface area contributed by atoms with Crippen molar-refractivity contribution in [3.05, 3.63) is 236 Å². The summed E-state index contributed by atoms with van der Waals surface area (Å²) in [6, 6.07) is 63.9. The van der Waals surface area contributed by atoms with Crippen molar-refractivity contribution in [1.29, 1.82) is 0 Å². The molecule has 0 amide bonds. The molecule has 0 spiro atoms. The highest BCUT2D eigenvalue weighted by Crippen LogP contribution is 2.46. The third kappa shape index (κ3) is 9.25. The summed E-state index contributed by atoms with van der Waals surface area (Å²) in [5.74, 6) is 0. The van der Waals surface area contributed by atoms with Crippen molar-refractivity contribution < 1.29 is 13.3 Å². The maximum absolute atomic E-state index is 13.8. The van der Waals surface area contributed by atoms with Gasteiger partial charge in [-0.05, 0) is 183 Å². The molecule has 0 radical (unpaired) electrons. The molecule has 0 aliphatic carbocycles. The molecular weight excluding hydrogens is 1080 g/mol. The molecule has 8 nitrogen and oxygen atoms in total. The van der Waals surface area contributed by atoms with Gasteiger partial charge in [-0.3, -0.25) is 0 Å². The SMILES string of the molecule is CCc1ccc2c(ccc3oc(=O)c(-c4ccc(N(c5ccc(-c6ccc(-c7ccc(-c8cc9ccc%10c(c9oc8=O)C(C)(C)CCN%10CC)s7)s6)cc5)c5ccc(-c6cc7c(ccc8cc(C(C)(C)C)ccc87)oc6=O)cc5)cc4)cc32)c1. The second kappa shape index (κ2) is 20.4. The van der Waals surface area contributed by atoms with Gasteiger partial charge in [0, 0.05) is 77.1 Å². The van der Waals surface area contributed by atoms with Crippen LogP contribution in [-0.4, -0.2) is 13.1 Å². The summed E-state index contributed by atoms with van der Waals surface area (Å²) in [6.45, 7) is 17.3. The van der Waals surface area contributed by atoms with Gasteiger partial charge in [0.1, 0.15) is 16.7 Å². The summed E-state index contributed by atoms with van der Waals surface area (Å²) < 4.78 is 18.2. The Hall–Kier alpha value is -9.09. The van der Waals surface area contributed by atoms with Crippen LogP contribution in [0.3, 0.4) is 0 Å². The zero-order chi connectivity index (χ0) is 57.8. The van der Waals surface area contributed by atoms with Crippen LogP contribution >= 0.6 is 22.7 Å². The van der Waals surface area contributed by atoms with Crippen molar-refractivity contribution in [2.45, 2.75) is 72.1 Å². The molecule has 10 heteroatoms. The summed E-state index contributed by atoms with van der Waals surface area (Å²) in [6.07, 6.45) is 1.92. The molecule has 1 aliphatic rings. The van der Waals surface area contributed by atoms with Crippen LogP contribution in [0, 0.1) is 0 Å². The number of aryl methyl sites for hydroxylation is 1. The first-order valence-corrected chi connectivity index (χ1v) is 30.4. The van der Waals surface area contributed by atoms with E-state index in [9.17, 15) is 14.4 Å². The van der Waals surface area contributed by atoms with Crippen LogP contribution in [0.2, 0.25) is 0 Å². The molecule has 84 heavy (non-hydrogen) atoms. The Morgan fingerprint density at radius 2 is 1.00 bits per heavy atom. The summed E-state index contributed by atoms with van der Waals surface area (Å²) >= 11 is 3.31. The minimum absolute atomic E-state index is 0.00986. The number of anilines is 4. The molecule has 0 atom stereocenters. The number of rotatable bonds is 10. The van der Waals surface area contributed by atoms with Gasteiger partial charge < -0.3 is 23.1 Å². The lowest BCUT2D eigenvalue weighted by molar-refractivity contribution is 0.447. The Morgan fingerprint density at radius 3 is 1.57 bits per heavy atom. The monoisotopic (exact) mass is 1140 g/mol. The molecule has 0 fully saturated rings. The standard InChI is InChI=1S/C74H60N2O6S2/c1-8-43-10-27-54-47(38-43)18-30-62-58(54)41-56(70(77)80-62)44-11-21-51(22-12-44)76(52-23-13-45(14-24-52)57-42-59-55-28-20-50(73(3,4)5)39-48(55)19-31-63(59)81-71(57)78)53-25-15-46(16-26-53)64-32-34-66(83-64)67-35-33-65(84-67)60-40-49-17-29-61-68(69(49)82-72(60)79)74(6,7)36-37-75(61)9-2/h10-35,38-42H,8-9,36-37H2,1-7H3. The fraction of sp³-hybridized carbons (Fsp3) is 0.176. The number of fused-ring (bicyclic) bond motifs is 9. The van der Waals surface area contributed by atoms with Crippen LogP contribution in [0.15, 0.2) is 216 Å². The van der Waals surface area contributed by atoms with Crippen LogP contribution in [0.4, 0.5) is 22.7 Å². The van der Waals surface area contributed by atoms with Gasteiger partial charge in [-0.15, -0.1) is 22.7 Å². The second-order valence-corrected chi connectivity index (χ2v) is 26.0. The summed E-state index contributed by atoms with van der Waals surface area (Å²) in [5, 5.41) is 6.96. The number of thiophene rings is 2. The zero-order valence-corrected chi connectivity index (χ0v) is 49.5. The van der Waals surface area contributed by atoms with Gasteiger partial charge in [0.25, 0.3) is 0 Å². The molecule has 5 aromatic heterocycles. The van der Waals surface area contributed by atoms with E-state index in [4.69, 9.17) is 13.3 Å². The lowest BCUT2D eigenvalue weighted by Crippen LogP contribution is -2.37. The minimum atomic E-state index is -0.402. The average molecular weight is 1140 g/mol. The Balaban J connectivity index is 0.794. The zero-order valence-electron chi connectivity index (χ0n) is 47.9. The van der Waals surface area contributed by atoms with Gasteiger partial charge >= 0.3 is 16.9 Å². The van der Waals surface area contributed by atoms with Gasteiger partial charge in [0.05, 0.1) is 16.7 Å². The van der Waals surface area contributed by atoms with Crippen molar-refractivity contribution >= 4 is 99.9 Å². The van der Waals surface area contributed by atoms with E-state index in [1.165, 1.54) is 11.1 Å². The molecular formula is C74H60N2O6S2. The van der Waals surface area contributed by atoms with Crippen molar-refractivity contribution in [3.8, 4) is 52.9 Å². The van der Waals surface area contributed by atoms with E-state index in [0.29, 0.717) is 33.4 Å². The first kappa shape index (κ1) is 53.0. The van der Waals surface area contributed by atoms with E-state index < -0.39 is 11.3 Å². The van der Waals surface area contributed by atoms with E-state index in [1.54, 1.807) is 22.7 Å². The minimum Gasteiger partial charge on any atom is -0.422 e. The topological polar surface area (TPSA) is 97.1 Å². The Labute approximate surface area is 494 Å². The largest absolute Gasteiger partial charge is 0.422 e. The smallest absolute Gasteiger partial charge is 0.345 e. The predicted molar refractivity (Wildman–Crippen MR) is 351 cm³/mol. The van der Waals surface area contributed by atoms with Gasteiger partial charge in [-0.2, -0.15) is 0 Å². The highest BCUT2D eigenvalue weighted by Gasteiger charge is 2.34. The third-order valence-electron chi connectivity index (χ3n) is 17.1. The van der Waals surface area contributed by atoms with E-state index in [-0.39, 0.29) is 16.5 Å². The number of hydrogen-bond donors (Lipinski definition) is 0. The first-order valence-electron chi connectivity index (χ1n) is 28.8. The molecule has 14 rings (SSSR count). The lowest BCUT2D eigenvalue weighted by Gasteiger charge is -2.40. The van der Waals surface area contributed by atoms with Crippen LogP contribution in [-0.2, 0) is 17.3 Å². The Bertz CT molecular complexity index is 4960. The molecule has 6 heterocycles. The van der Waals surface area contributed by atoms with Gasteiger partial charge in [-0.1, -0.05) is 126 Å². The predicted octanol–water partition coefficient (Wildman–Crippen LogP) is 19.6. The fourth-order valence-electron chi connectivity index (χ4n) is 12.3. The molecule has 0 bridgehead atoms. The van der Waals surface area contributed by atoms with Crippen molar-refractivity contribution in [2.75, 3.05) is 22.9 Å². The highest BCUT2D eigenvalue weighted by molar-refractivity contribution is 7.25. The lowest BCUT2D eigenvalue weighted by atomic mass is 9.76. The molecule has 1 aliphatic heterocycles. The maximum atomic E-state index is 13.8. The molecule has 8 aromatic carbocycles. The fourth-order valence-corrected chi connectivity index (χ4v) is 14.4. The molecule has 0 saturated carbocycles. The summed E-state index contributed by atoms with van der Waals surface area (Å²) in [7, 11) is 0. The normalized spacial score (nSPS) is 13.4. The quantitative estimate of drug-likeness (QED) is 0.0987. The van der Waals surface area contributed by atoms with Gasteiger partial charge in [-0.25, -0.2) is 14.4 Å². The summed E-state index contributed by atoms with van der Waals surface area (Å²) in [4.78, 5) is 50.0. The molecule has 13 aromatic rings. The molecule has 0 N–H and O–H groups in total.